The fraction of sp³-hybridized carbons (Fsp3) is 0.500. The van der Waals surface area contributed by atoms with Gasteiger partial charge in [0.15, 0.2) is 11.5 Å². The third-order valence-electron chi connectivity index (χ3n) is 12.9. The van der Waals surface area contributed by atoms with Gasteiger partial charge in [-0.3, -0.25) is 15.0 Å². The van der Waals surface area contributed by atoms with Gasteiger partial charge in [-0.2, -0.15) is 0 Å². The van der Waals surface area contributed by atoms with Crippen molar-refractivity contribution in [2.45, 2.75) is 94.8 Å². The van der Waals surface area contributed by atoms with Crippen LogP contribution in [0.3, 0.4) is 0 Å². The zero-order valence-corrected chi connectivity index (χ0v) is 36.1. The fourth-order valence-electron chi connectivity index (χ4n) is 10.1. The maximum atomic E-state index is 14.4. The number of non-ortho nitro benzene ring substituents is 1. The van der Waals surface area contributed by atoms with E-state index in [4.69, 9.17) is 43.2 Å². The standard InChI is InChI=1S/C48H57N3O13/c1-3-22-61-48-43(50(47(54)57-2)29-31-16-18-41-42(24-31)60-30-59-41)28-39(49-64-44-15-6-9-23-58-44)37-25-32(11-4-7-20-52)36(14-5-8-21-53)45(46(37)48)38-27-35(17-19-40(38)63-48)62-34-13-10-12-33(26-34)51(55)56/h3,10,12-13,16-19,24-27,32,36,43-46,52-53H,1,4-9,11,14-15,20-23,28-30H2,2H3. The Kier molecular flexibility index (Phi) is 14.3. The predicted molar refractivity (Wildman–Crippen MR) is 233 cm³/mol. The number of aliphatic hydroxyl groups is 2. The molecule has 0 aromatic heterocycles. The minimum atomic E-state index is -1.55. The zero-order valence-electron chi connectivity index (χ0n) is 36.1. The molecule has 2 fully saturated rings. The second-order valence-electron chi connectivity index (χ2n) is 16.8. The molecule has 3 aromatic rings. The zero-order chi connectivity index (χ0) is 44.6. The van der Waals surface area contributed by atoms with E-state index in [0.29, 0.717) is 60.3 Å². The van der Waals surface area contributed by atoms with Crippen molar-refractivity contribution >= 4 is 17.5 Å². The van der Waals surface area contributed by atoms with Crippen LogP contribution >= 0.6 is 0 Å². The van der Waals surface area contributed by atoms with Gasteiger partial charge in [-0.1, -0.05) is 42.3 Å². The van der Waals surface area contributed by atoms with Crippen LogP contribution in [-0.4, -0.2) is 90.3 Å². The van der Waals surface area contributed by atoms with Gasteiger partial charge in [0.05, 0.1) is 42.9 Å². The monoisotopic (exact) mass is 883 g/mol. The van der Waals surface area contributed by atoms with Crippen molar-refractivity contribution in [2.24, 2.45) is 22.9 Å². The summed E-state index contributed by atoms with van der Waals surface area (Å²) in [5.41, 5.74) is 2.96. The number of allylic oxidation sites excluding steroid dienone is 1. The van der Waals surface area contributed by atoms with Crippen molar-refractivity contribution in [3.05, 3.63) is 106 Å². The van der Waals surface area contributed by atoms with Crippen molar-refractivity contribution in [1.29, 1.82) is 0 Å². The van der Waals surface area contributed by atoms with E-state index in [1.807, 2.05) is 30.3 Å². The summed E-state index contributed by atoms with van der Waals surface area (Å²) < 4.78 is 43.6. The lowest BCUT2D eigenvalue weighted by Gasteiger charge is -2.59. The van der Waals surface area contributed by atoms with Crippen LogP contribution < -0.4 is 18.9 Å². The molecule has 8 rings (SSSR count). The molecule has 7 atom stereocenters. The van der Waals surface area contributed by atoms with Gasteiger partial charge in [0, 0.05) is 50.1 Å². The highest BCUT2D eigenvalue weighted by Gasteiger charge is 2.65. The Morgan fingerprint density at radius 3 is 2.56 bits per heavy atom. The summed E-state index contributed by atoms with van der Waals surface area (Å²) in [6, 6.07) is 16.2. The first-order chi connectivity index (χ1) is 31.3. The lowest BCUT2D eigenvalue weighted by atomic mass is 9.55. The summed E-state index contributed by atoms with van der Waals surface area (Å²) in [4.78, 5) is 33.5. The Hall–Kier alpha value is -5.68. The molecule has 3 aromatic carbocycles. The number of aliphatic hydroxyl groups excluding tert-OH is 2. The summed E-state index contributed by atoms with van der Waals surface area (Å²) in [6.07, 6.45) is 9.68. The quantitative estimate of drug-likeness (QED) is 0.0505. The molecular weight excluding hydrogens is 827 g/mol. The third kappa shape index (κ3) is 9.41. The van der Waals surface area contributed by atoms with Crippen LogP contribution in [0.15, 0.2) is 90.1 Å². The van der Waals surface area contributed by atoms with E-state index in [0.717, 1.165) is 55.2 Å². The molecule has 0 radical (unpaired) electrons. The average Bonchev–Trinajstić information content (AvgIpc) is 3.79. The minimum Gasteiger partial charge on any atom is -0.459 e. The number of amides is 1. The molecule has 16 heteroatoms. The Balaban J connectivity index is 1.32. The molecule has 5 aliphatic rings. The Morgan fingerprint density at radius 1 is 1.00 bits per heavy atom. The van der Waals surface area contributed by atoms with Crippen molar-refractivity contribution in [3.8, 4) is 28.7 Å². The molecule has 0 spiro atoms. The van der Waals surface area contributed by atoms with Gasteiger partial charge in [0.2, 0.25) is 18.9 Å². The van der Waals surface area contributed by atoms with Gasteiger partial charge in [0.1, 0.15) is 23.3 Å². The van der Waals surface area contributed by atoms with Gasteiger partial charge in [-0.05, 0) is 97.9 Å². The maximum absolute atomic E-state index is 14.4. The van der Waals surface area contributed by atoms with Crippen LogP contribution in [0, 0.1) is 27.9 Å². The van der Waals surface area contributed by atoms with Crippen molar-refractivity contribution in [1.82, 2.24) is 4.90 Å². The SMILES string of the molecule is C=CCOC12Oc3ccc(Oc4cccc([N+](=O)[O-])c4)cc3C3C(CCCCO)C(CCCCO)C=C(C(=NOC4CCCCO4)CC1N(Cc1ccc4c(c1)OCO4)C(=O)OC)C32. The Labute approximate surface area is 372 Å². The van der Waals surface area contributed by atoms with Crippen LogP contribution in [0.4, 0.5) is 10.5 Å². The van der Waals surface area contributed by atoms with Crippen LogP contribution in [0.25, 0.3) is 0 Å². The van der Waals surface area contributed by atoms with E-state index in [2.05, 4.69) is 12.7 Å². The highest BCUT2D eigenvalue weighted by Crippen LogP contribution is 2.62. The van der Waals surface area contributed by atoms with Gasteiger partial charge in [-0.25, -0.2) is 4.79 Å². The first kappa shape index (κ1) is 44.9. The number of hydrogen-bond donors (Lipinski definition) is 2. The number of carbonyl (C=O) groups is 1. The average molecular weight is 884 g/mol. The number of hydrogen-bond acceptors (Lipinski definition) is 14. The van der Waals surface area contributed by atoms with E-state index >= 15 is 0 Å². The number of carbonyl (C=O) groups excluding carboxylic acids is 1. The molecule has 1 saturated heterocycles. The Bertz CT molecular complexity index is 2210. The smallest absolute Gasteiger partial charge is 0.410 e. The second-order valence-corrected chi connectivity index (χ2v) is 16.8. The van der Waals surface area contributed by atoms with E-state index in [9.17, 15) is 25.1 Å². The van der Waals surface area contributed by atoms with Crippen LogP contribution in [-0.2, 0) is 25.6 Å². The molecule has 2 aliphatic carbocycles. The lowest BCUT2D eigenvalue weighted by Crippen LogP contribution is -2.70. The number of benzene rings is 3. The van der Waals surface area contributed by atoms with E-state index in [-0.39, 0.29) is 63.0 Å². The molecule has 16 nitrogen and oxygen atoms in total. The summed E-state index contributed by atoms with van der Waals surface area (Å²) in [6.45, 7) is 4.93. The minimum absolute atomic E-state index is 0.0103. The molecular formula is C48H57N3O13. The molecule has 2 N–H and O–H groups in total. The van der Waals surface area contributed by atoms with Gasteiger partial charge in [-0.15, -0.1) is 6.58 Å². The molecule has 7 unspecified atom stereocenters. The third-order valence-corrected chi connectivity index (χ3v) is 12.9. The number of nitro benzene ring substituents is 1. The number of rotatable bonds is 19. The fourth-order valence-corrected chi connectivity index (χ4v) is 10.1. The van der Waals surface area contributed by atoms with E-state index < -0.39 is 35.1 Å². The maximum Gasteiger partial charge on any atom is 0.410 e. The number of nitro groups is 1. The summed E-state index contributed by atoms with van der Waals surface area (Å²) in [7, 11) is 1.34. The summed E-state index contributed by atoms with van der Waals surface area (Å²) in [5.74, 6) is -0.117. The van der Waals surface area contributed by atoms with E-state index in [1.165, 1.54) is 19.2 Å². The molecule has 1 saturated carbocycles. The predicted octanol–water partition coefficient (Wildman–Crippen LogP) is 8.54. The second kappa shape index (κ2) is 20.4. The summed E-state index contributed by atoms with van der Waals surface area (Å²) in [5, 5.41) is 36.5. The Morgan fingerprint density at radius 2 is 1.80 bits per heavy atom. The van der Waals surface area contributed by atoms with Gasteiger partial charge in [0.25, 0.3) is 5.69 Å². The summed E-state index contributed by atoms with van der Waals surface area (Å²) >= 11 is 0. The van der Waals surface area contributed by atoms with E-state index in [1.54, 1.807) is 29.2 Å². The number of methoxy groups -OCH3 is 1. The van der Waals surface area contributed by atoms with Crippen molar-refractivity contribution in [2.75, 3.05) is 40.3 Å². The first-order valence-corrected chi connectivity index (χ1v) is 22.3. The highest BCUT2D eigenvalue weighted by atomic mass is 16.8. The molecule has 3 heterocycles. The number of ether oxygens (including phenoxy) is 7. The molecule has 0 bridgehead atoms. The first-order valence-electron chi connectivity index (χ1n) is 22.3. The molecule has 342 valence electrons. The van der Waals surface area contributed by atoms with Gasteiger partial charge < -0.3 is 48.2 Å². The topological polar surface area (TPSA) is 190 Å². The van der Waals surface area contributed by atoms with Crippen LogP contribution in [0.2, 0.25) is 0 Å². The number of oxime groups is 1. The number of nitrogens with zero attached hydrogens (tertiary/aromatic N) is 3. The van der Waals surface area contributed by atoms with Crippen LogP contribution in [0.5, 0.6) is 28.7 Å². The normalized spacial score (nSPS) is 25.9. The molecule has 64 heavy (non-hydrogen) atoms. The van der Waals surface area contributed by atoms with Gasteiger partial charge >= 0.3 is 6.09 Å². The number of fused-ring (bicyclic) bond motifs is 3. The van der Waals surface area contributed by atoms with Crippen molar-refractivity contribution < 1.29 is 57.9 Å². The largest absolute Gasteiger partial charge is 0.459 e. The highest BCUT2D eigenvalue weighted by molar-refractivity contribution is 6.03. The molecule has 1 amide bonds. The molecule has 3 aliphatic heterocycles. The lowest BCUT2D eigenvalue weighted by molar-refractivity contribution is -0.384. The number of unbranched alkanes of at least 4 members (excludes halogenated alkanes) is 2. The van der Waals surface area contributed by atoms with Crippen molar-refractivity contribution in [3.63, 3.8) is 0 Å². The van der Waals surface area contributed by atoms with Crippen LogP contribution in [0.1, 0.15) is 81.3 Å².